The first-order valence-electron chi connectivity index (χ1n) is 6.38. The molecule has 1 aliphatic carbocycles. The molecule has 1 aromatic rings. The number of carbonyl (C=O) groups is 1. The molecule has 2 rings (SSSR count). The van der Waals surface area contributed by atoms with Gasteiger partial charge in [-0.25, -0.2) is 0 Å². The second kappa shape index (κ2) is 6.00. The van der Waals surface area contributed by atoms with Crippen LogP contribution in [0.2, 0.25) is 0 Å². The Labute approximate surface area is 113 Å². The normalized spacial score (nSPS) is 18.9. The second-order valence-electron chi connectivity index (χ2n) is 4.81. The monoisotopic (exact) mass is 282 g/mol. The third-order valence-corrected chi connectivity index (χ3v) is 5.52. The van der Waals surface area contributed by atoms with Crippen molar-refractivity contribution < 1.29 is 18.4 Å². The summed E-state index contributed by atoms with van der Waals surface area (Å²) in [5, 5.41) is 0. The predicted molar refractivity (Wildman–Crippen MR) is 73.5 cm³/mol. The molecule has 19 heavy (non-hydrogen) atoms. The molecule has 5 heteroatoms. The van der Waals surface area contributed by atoms with Gasteiger partial charge in [-0.15, -0.1) is 0 Å². The molecule has 1 unspecified atom stereocenters. The lowest BCUT2D eigenvalue weighted by Gasteiger charge is -2.24. The van der Waals surface area contributed by atoms with E-state index in [0.29, 0.717) is 0 Å². The summed E-state index contributed by atoms with van der Waals surface area (Å²) in [6.45, 7) is 0. The molecular weight excluding hydrogens is 263 g/mol. The molecule has 1 aliphatic rings. The van der Waals surface area contributed by atoms with Gasteiger partial charge in [0.1, 0.15) is 11.9 Å². The molecule has 0 N–H and O–H groups in total. The van der Waals surface area contributed by atoms with Gasteiger partial charge in [-0.3, -0.25) is 9.36 Å². The molecule has 0 amide bonds. The van der Waals surface area contributed by atoms with Crippen LogP contribution in [0.3, 0.4) is 0 Å². The average molecular weight is 282 g/mol. The molecule has 1 aromatic carbocycles. The number of hydrogen-bond acceptors (Lipinski definition) is 4. The quantitative estimate of drug-likeness (QED) is 0.779. The molecule has 0 heterocycles. The minimum Gasteiger partial charge on any atom is -0.312 e. The first kappa shape index (κ1) is 14.4. The summed E-state index contributed by atoms with van der Waals surface area (Å²) >= 11 is 0. The first-order chi connectivity index (χ1) is 9.08. The van der Waals surface area contributed by atoms with E-state index in [1.807, 2.05) is 12.1 Å². The van der Waals surface area contributed by atoms with Gasteiger partial charge in [-0.1, -0.05) is 24.3 Å². The van der Waals surface area contributed by atoms with Gasteiger partial charge in [0.15, 0.2) is 0 Å². The van der Waals surface area contributed by atoms with Gasteiger partial charge in [-0.2, -0.15) is 0 Å². The molecule has 104 valence electrons. The fourth-order valence-corrected chi connectivity index (χ4v) is 3.54. The van der Waals surface area contributed by atoms with Crippen molar-refractivity contribution in [2.45, 2.75) is 19.3 Å². The summed E-state index contributed by atoms with van der Waals surface area (Å²) in [5.41, 5.74) is 2.53. The number of aryl methyl sites for hydroxylation is 1. The zero-order chi connectivity index (χ0) is 13.9. The Bertz CT molecular complexity index is 504. The minimum absolute atomic E-state index is 0.0264. The Hall–Kier alpha value is -0.960. The Morgan fingerprint density at radius 3 is 2.53 bits per heavy atom. The molecule has 4 nitrogen and oxygen atoms in total. The number of benzene rings is 1. The van der Waals surface area contributed by atoms with E-state index >= 15 is 0 Å². The topological polar surface area (TPSA) is 52.6 Å². The van der Waals surface area contributed by atoms with Crippen LogP contribution in [0, 0.1) is 5.92 Å². The van der Waals surface area contributed by atoms with Gasteiger partial charge < -0.3 is 9.05 Å². The molecule has 0 saturated heterocycles. The van der Waals surface area contributed by atoms with Gasteiger partial charge in [0, 0.05) is 20.1 Å². The van der Waals surface area contributed by atoms with Crippen molar-refractivity contribution >= 4 is 13.4 Å². The van der Waals surface area contributed by atoms with E-state index in [-0.39, 0.29) is 17.9 Å². The van der Waals surface area contributed by atoms with Crippen molar-refractivity contribution in [3.63, 3.8) is 0 Å². The highest BCUT2D eigenvalue weighted by atomic mass is 31.2. The Morgan fingerprint density at radius 1 is 1.26 bits per heavy atom. The number of rotatable bonds is 5. The fraction of sp³-hybridized carbons (Fsp3) is 0.500. The van der Waals surface area contributed by atoms with Gasteiger partial charge in [-0.05, 0) is 30.4 Å². The summed E-state index contributed by atoms with van der Waals surface area (Å²) in [7, 11) is -0.611. The van der Waals surface area contributed by atoms with E-state index in [0.717, 1.165) is 19.3 Å². The Morgan fingerprint density at radius 2 is 1.89 bits per heavy atom. The van der Waals surface area contributed by atoms with Crippen LogP contribution in [-0.4, -0.2) is 26.2 Å². The maximum absolute atomic E-state index is 12.2. The zero-order valence-corrected chi connectivity index (χ0v) is 12.2. The summed E-state index contributed by atoms with van der Waals surface area (Å²) < 4.78 is 21.6. The molecule has 0 radical (unpaired) electrons. The number of Topliss-reactive ketones (excluding diaryl/α,β-unsaturated/α-hetero) is 1. The molecule has 0 aromatic heterocycles. The largest absolute Gasteiger partial charge is 0.337 e. The van der Waals surface area contributed by atoms with Crippen molar-refractivity contribution in [1.29, 1.82) is 0 Å². The summed E-state index contributed by atoms with van der Waals surface area (Å²) in [4.78, 5) is 12.2. The van der Waals surface area contributed by atoms with Gasteiger partial charge in [0.25, 0.3) is 0 Å². The van der Waals surface area contributed by atoms with Crippen LogP contribution >= 0.6 is 7.60 Å². The van der Waals surface area contributed by atoms with Crippen LogP contribution in [0.25, 0.3) is 0 Å². The van der Waals surface area contributed by atoms with Crippen molar-refractivity contribution in [3.05, 3.63) is 35.4 Å². The Kier molecular flexibility index (Phi) is 4.56. The van der Waals surface area contributed by atoms with Crippen LogP contribution in [0.5, 0.6) is 0 Å². The van der Waals surface area contributed by atoms with Crippen LogP contribution < -0.4 is 0 Å². The summed E-state index contributed by atoms with van der Waals surface area (Å²) in [6, 6.07) is 8.16. The first-order valence-corrected chi connectivity index (χ1v) is 8.11. The highest BCUT2D eigenvalue weighted by Crippen LogP contribution is 2.47. The summed E-state index contributed by atoms with van der Waals surface area (Å²) in [5.74, 6) is -0.102. The van der Waals surface area contributed by atoms with E-state index < -0.39 is 7.60 Å². The van der Waals surface area contributed by atoms with E-state index in [9.17, 15) is 9.36 Å². The predicted octanol–water partition coefficient (Wildman–Crippen LogP) is 2.85. The van der Waals surface area contributed by atoms with E-state index in [1.165, 1.54) is 25.3 Å². The lowest BCUT2D eigenvalue weighted by Crippen LogP contribution is -2.25. The van der Waals surface area contributed by atoms with Crippen molar-refractivity contribution in [1.82, 2.24) is 0 Å². The van der Waals surface area contributed by atoms with Gasteiger partial charge in [0.05, 0.1) is 0 Å². The third-order valence-electron chi connectivity index (χ3n) is 3.71. The molecule has 0 fully saturated rings. The average Bonchev–Trinajstić information content (AvgIpc) is 2.46. The highest BCUT2D eigenvalue weighted by molar-refractivity contribution is 7.54. The van der Waals surface area contributed by atoms with Crippen LogP contribution in [0.1, 0.15) is 17.5 Å². The lowest BCUT2D eigenvalue weighted by molar-refractivity contribution is -0.120. The Balaban J connectivity index is 2.05. The maximum atomic E-state index is 12.2. The standard InChI is InChI=1S/C14H19O4P/c1-17-19(16,18-2)10-14(15)13-8-7-11-5-3-4-6-12(11)9-13/h3-6,13H,7-10H2,1-2H3. The van der Waals surface area contributed by atoms with Crippen LogP contribution in [0.15, 0.2) is 24.3 Å². The van der Waals surface area contributed by atoms with Crippen molar-refractivity contribution in [3.8, 4) is 0 Å². The second-order valence-corrected chi connectivity index (χ2v) is 7.08. The lowest BCUT2D eigenvalue weighted by atomic mass is 9.82. The molecule has 0 spiro atoms. The van der Waals surface area contributed by atoms with Crippen LogP contribution in [-0.2, 0) is 31.2 Å². The van der Waals surface area contributed by atoms with Crippen LogP contribution in [0.4, 0.5) is 0 Å². The van der Waals surface area contributed by atoms with Crippen molar-refractivity contribution in [2.24, 2.45) is 5.92 Å². The van der Waals surface area contributed by atoms with Gasteiger partial charge >= 0.3 is 7.60 Å². The third kappa shape index (κ3) is 3.33. The van der Waals surface area contributed by atoms with Gasteiger partial charge in [0.2, 0.25) is 0 Å². The van der Waals surface area contributed by atoms with E-state index in [4.69, 9.17) is 9.05 Å². The molecule has 1 atom stereocenters. The SMILES string of the molecule is COP(=O)(CC(=O)C1CCc2ccccc2C1)OC. The van der Waals surface area contributed by atoms with E-state index in [1.54, 1.807) is 0 Å². The van der Waals surface area contributed by atoms with E-state index in [2.05, 4.69) is 12.1 Å². The smallest absolute Gasteiger partial charge is 0.312 e. The number of hydrogen-bond donors (Lipinski definition) is 0. The molecule has 0 aliphatic heterocycles. The fourth-order valence-electron chi connectivity index (χ4n) is 2.50. The highest BCUT2D eigenvalue weighted by Gasteiger charge is 2.31. The molecule has 0 bridgehead atoms. The minimum atomic E-state index is -3.24. The van der Waals surface area contributed by atoms with Crippen molar-refractivity contribution in [2.75, 3.05) is 20.4 Å². The molecule has 0 saturated carbocycles. The maximum Gasteiger partial charge on any atom is 0.337 e. The number of ketones is 1. The number of fused-ring (bicyclic) bond motifs is 1. The molecular formula is C14H19O4P. The number of carbonyl (C=O) groups excluding carboxylic acids is 1. The summed E-state index contributed by atoms with van der Waals surface area (Å²) in [6.07, 6.45) is 2.30. The zero-order valence-electron chi connectivity index (χ0n) is 11.3.